The summed E-state index contributed by atoms with van der Waals surface area (Å²) in [7, 11) is 1.59. The zero-order valence-corrected chi connectivity index (χ0v) is 21.7. The number of hydrogen-bond donors (Lipinski definition) is 0. The van der Waals surface area contributed by atoms with Gasteiger partial charge in [0.05, 0.1) is 7.11 Å². The van der Waals surface area contributed by atoms with Crippen LogP contribution in [0.3, 0.4) is 0 Å². The molecular weight excluding hydrogens is 632 g/mol. The Morgan fingerprint density at radius 2 is 1.88 bits per heavy atom. The molecule has 1 aliphatic rings. The molecule has 0 fully saturated rings. The fraction of sp³-hybridized carbons (Fsp3) is 0.120. The first-order chi connectivity index (χ1) is 15.4. The predicted molar refractivity (Wildman–Crippen MR) is 141 cm³/mol. The van der Waals surface area contributed by atoms with Crippen LogP contribution in [0.5, 0.6) is 11.5 Å². The first-order valence-electron chi connectivity index (χ1n) is 9.78. The lowest BCUT2D eigenvalue weighted by molar-refractivity contribution is -0.129. The highest BCUT2D eigenvalue weighted by molar-refractivity contribution is 14.1. The molecule has 7 heteroatoms. The molecule has 0 saturated carbocycles. The van der Waals surface area contributed by atoms with E-state index < -0.39 is 5.97 Å². The SMILES string of the molecule is COc1cccc(/C=C2\N=C(c3ccc(I)c(C)c3)OC2=O)c1OCc1cccc(I)c1. The van der Waals surface area contributed by atoms with Gasteiger partial charge < -0.3 is 14.2 Å². The zero-order valence-electron chi connectivity index (χ0n) is 17.4. The molecule has 0 saturated heterocycles. The maximum atomic E-state index is 12.5. The van der Waals surface area contributed by atoms with Crippen molar-refractivity contribution in [1.29, 1.82) is 0 Å². The van der Waals surface area contributed by atoms with Crippen molar-refractivity contribution in [3.05, 3.63) is 95.8 Å². The van der Waals surface area contributed by atoms with E-state index in [0.29, 0.717) is 29.6 Å². The third kappa shape index (κ3) is 5.15. The molecule has 0 atom stereocenters. The van der Waals surface area contributed by atoms with Gasteiger partial charge in [0.25, 0.3) is 0 Å². The minimum absolute atomic E-state index is 0.212. The minimum atomic E-state index is -0.498. The number of ether oxygens (including phenoxy) is 3. The van der Waals surface area contributed by atoms with Gasteiger partial charge in [0.1, 0.15) is 6.61 Å². The maximum absolute atomic E-state index is 12.5. The van der Waals surface area contributed by atoms with Gasteiger partial charge in [-0.1, -0.05) is 24.3 Å². The lowest BCUT2D eigenvalue weighted by atomic mass is 10.1. The summed E-state index contributed by atoms with van der Waals surface area (Å²) in [5, 5.41) is 0. The van der Waals surface area contributed by atoms with Gasteiger partial charge in [-0.25, -0.2) is 9.79 Å². The highest BCUT2D eigenvalue weighted by Gasteiger charge is 2.25. The van der Waals surface area contributed by atoms with E-state index in [4.69, 9.17) is 14.2 Å². The van der Waals surface area contributed by atoms with Crippen LogP contribution < -0.4 is 9.47 Å². The average Bonchev–Trinajstić information content (AvgIpc) is 3.14. The van der Waals surface area contributed by atoms with Crippen molar-refractivity contribution in [2.45, 2.75) is 13.5 Å². The Morgan fingerprint density at radius 1 is 1.06 bits per heavy atom. The lowest BCUT2D eigenvalue weighted by Gasteiger charge is -2.13. The predicted octanol–water partition coefficient (Wildman–Crippen LogP) is 6.14. The number of rotatable bonds is 6. The van der Waals surface area contributed by atoms with Gasteiger partial charge in [-0.2, -0.15) is 0 Å². The number of cyclic esters (lactones) is 1. The lowest BCUT2D eigenvalue weighted by Crippen LogP contribution is -2.06. The number of methoxy groups -OCH3 is 1. The van der Waals surface area contributed by atoms with Crippen LogP contribution in [0.2, 0.25) is 0 Å². The number of halogens is 2. The Kier molecular flexibility index (Phi) is 7.14. The fourth-order valence-electron chi connectivity index (χ4n) is 3.20. The van der Waals surface area contributed by atoms with E-state index in [1.165, 1.54) is 0 Å². The Hall–Kier alpha value is -2.40. The topological polar surface area (TPSA) is 57.1 Å². The molecule has 1 aliphatic heterocycles. The van der Waals surface area contributed by atoms with Crippen LogP contribution in [0.15, 0.2) is 71.4 Å². The molecule has 1 heterocycles. The maximum Gasteiger partial charge on any atom is 0.363 e. The summed E-state index contributed by atoms with van der Waals surface area (Å²) in [4.78, 5) is 17.0. The number of esters is 1. The summed E-state index contributed by atoms with van der Waals surface area (Å²) in [5.74, 6) is 0.921. The fourth-order valence-corrected chi connectivity index (χ4v) is 4.14. The first-order valence-corrected chi connectivity index (χ1v) is 11.9. The summed E-state index contributed by atoms with van der Waals surface area (Å²) in [6.45, 7) is 2.38. The summed E-state index contributed by atoms with van der Waals surface area (Å²) >= 11 is 4.54. The molecule has 32 heavy (non-hydrogen) atoms. The summed E-state index contributed by atoms with van der Waals surface area (Å²) in [6.07, 6.45) is 1.67. The average molecular weight is 651 g/mol. The number of carbonyl (C=O) groups is 1. The number of hydrogen-bond acceptors (Lipinski definition) is 5. The second kappa shape index (κ2) is 10.0. The summed E-state index contributed by atoms with van der Waals surface area (Å²) in [6, 6.07) is 19.4. The van der Waals surface area contributed by atoms with Crippen LogP contribution in [0.25, 0.3) is 6.08 Å². The number of para-hydroxylation sites is 1. The van der Waals surface area contributed by atoms with Crippen LogP contribution >= 0.6 is 45.2 Å². The minimum Gasteiger partial charge on any atom is -0.493 e. The number of aliphatic imine (C=N–C) groups is 1. The molecule has 0 unspecified atom stereocenters. The molecule has 162 valence electrons. The van der Waals surface area contributed by atoms with E-state index in [0.717, 1.165) is 23.8 Å². The van der Waals surface area contributed by atoms with Crippen molar-refractivity contribution in [1.82, 2.24) is 0 Å². The highest BCUT2D eigenvalue weighted by Crippen LogP contribution is 2.34. The third-order valence-electron chi connectivity index (χ3n) is 4.82. The third-order valence-corrected chi connectivity index (χ3v) is 6.70. The van der Waals surface area contributed by atoms with Crippen molar-refractivity contribution in [3.8, 4) is 11.5 Å². The van der Waals surface area contributed by atoms with Crippen LogP contribution in [0.4, 0.5) is 0 Å². The molecule has 5 nitrogen and oxygen atoms in total. The van der Waals surface area contributed by atoms with Crippen LogP contribution in [-0.2, 0) is 16.1 Å². The molecule has 4 rings (SSSR count). The number of benzene rings is 3. The quantitative estimate of drug-likeness (QED) is 0.183. The molecule has 0 spiro atoms. The van der Waals surface area contributed by atoms with E-state index in [-0.39, 0.29) is 5.70 Å². The van der Waals surface area contributed by atoms with Crippen LogP contribution in [0, 0.1) is 14.1 Å². The molecule has 0 aliphatic carbocycles. The van der Waals surface area contributed by atoms with Gasteiger partial charge in [0.2, 0.25) is 5.90 Å². The molecular formula is C25H19I2NO4. The Morgan fingerprint density at radius 3 is 2.62 bits per heavy atom. The van der Waals surface area contributed by atoms with Gasteiger partial charge in [0.15, 0.2) is 17.2 Å². The standard InChI is InChI=1S/C25H19I2NO4/c1-15-11-18(9-10-20(15)27)24-28-21(25(29)32-24)13-17-6-4-8-22(30-2)23(17)31-14-16-5-3-7-19(26)12-16/h3-13H,14H2,1-2H3/b21-13-. The van der Waals surface area contributed by atoms with Crippen molar-refractivity contribution in [2.24, 2.45) is 4.99 Å². The second-order valence-corrected chi connectivity index (χ2v) is 9.51. The first kappa shape index (κ1) is 22.8. The van der Waals surface area contributed by atoms with E-state index in [2.05, 4.69) is 56.2 Å². The van der Waals surface area contributed by atoms with E-state index in [1.807, 2.05) is 61.5 Å². The molecule has 0 bridgehead atoms. The number of aryl methyl sites for hydroxylation is 1. The van der Waals surface area contributed by atoms with Gasteiger partial charge in [-0.05, 0) is 106 Å². The van der Waals surface area contributed by atoms with Crippen LogP contribution in [0.1, 0.15) is 22.3 Å². The highest BCUT2D eigenvalue weighted by atomic mass is 127. The monoisotopic (exact) mass is 651 g/mol. The molecule has 3 aromatic carbocycles. The molecule has 0 N–H and O–H groups in total. The van der Waals surface area contributed by atoms with E-state index in [9.17, 15) is 4.79 Å². The molecule has 0 aromatic heterocycles. The Balaban J connectivity index is 1.66. The van der Waals surface area contributed by atoms with Gasteiger partial charge in [0, 0.05) is 18.3 Å². The van der Waals surface area contributed by atoms with Gasteiger partial charge in [-0.15, -0.1) is 0 Å². The van der Waals surface area contributed by atoms with E-state index >= 15 is 0 Å². The van der Waals surface area contributed by atoms with E-state index in [1.54, 1.807) is 13.2 Å². The molecule has 0 radical (unpaired) electrons. The Bertz CT molecular complexity index is 1250. The molecule has 3 aromatic rings. The van der Waals surface area contributed by atoms with Gasteiger partial charge >= 0.3 is 5.97 Å². The zero-order chi connectivity index (χ0) is 22.7. The van der Waals surface area contributed by atoms with Crippen LogP contribution in [-0.4, -0.2) is 19.0 Å². The second-order valence-electron chi connectivity index (χ2n) is 7.10. The molecule has 0 amide bonds. The normalized spacial score (nSPS) is 14.3. The number of nitrogens with zero attached hydrogens (tertiary/aromatic N) is 1. The summed E-state index contributed by atoms with van der Waals surface area (Å²) < 4.78 is 19.3. The number of carbonyl (C=O) groups excluding carboxylic acids is 1. The van der Waals surface area contributed by atoms with Crippen molar-refractivity contribution in [2.75, 3.05) is 7.11 Å². The van der Waals surface area contributed by atoms with Crippen molar-refractivity contribution >= 4 is 63.1 Å². The van der Waals surface area contributed by atoms with Gasteiger partial charge in [-0.3, -0.25) is 0 Å². The smallest absolute Gasteiger partial charge is 0.363 e. The Labute approximate surface area is 213 Å². The van der Waals surface area contributed by atoms with Crippen molar-refractivity contribution < 1.29 is 19.0 Å². The largest absolute Gasteiger partial charge is 0.493 e. The summed E-state index contributed by atoms with van der Waals surface area (Å²) in [5.41, 5.74) is 3.80. The van der Waals surface area contributed by atoms with Crippen molar-refractivity contribution in [3.63, 3.8) is 0 Å².